The molecule has 0 aliphatic rings. The van der Waals surface area contributed by atoms with Gasteiger partial charge in [0.25, 0.3) is 5.97 Å². The van der Waals surface area contributed by atoms with E-state index in [0.717, 1.165) is 26.1 Å². The van der Waals surface area contributed by atoms with Crippen LogP contribution >= 0.6 is 0 Å². The molecule has 0 spiro atoms. The van der Waals surface area contributed by atoms with Gasteiger partial charge in [-0.15, -0.1) is 0 Å². The third-order valence-corrected chi connectivity index (χ3v) is 3.33. The van der Waals surface area contributed by atoms with Crippen LogP contribution in [0.4, 0.5) is 0 Å². The van der Waals surface area contributed by atoms with E-state index in [1.165, 1.54) is 70.6 Å². The number of carbonyl (C=O) groups is 2. The standard InChI is InChI=1S/C17H32O.C2H4O2/c1-2-3-4-5-6-7-8-9-10-11-12-13-14-15-16-17-18;1-2(3)4/h8-9,17H,2-7,10-16H2,1H3;1H3,(H,3,4)/b9-8-;. The van der Waals surface area contributed by atoms with Crippen LogP contribution in [0.5, 0.6) is 0 Å². The van der Waals surface area contributed by atoms with E-state index in [9.17, 15) is 4.79 Å². The summed E-state index contributed by atoms with van der Waals surface area (Å²) in [5, 5.41) is 7.42. The zero-order chi connectivity index (χ0) is 16.9. The average molecular weight is 312 g/mol. The van der Waals surface area contributed by atoms with Crippen LogP contribution < -0.4 is 0 Å². The van der Waals surface area contributed by atoms with Gasteiger partial charge < -0.3 is 9.90 Å². The van der Waals surface area contributed by atoms with Crippen molar-refractivity contribution in [1.29, 1.82) is 0 Å². The van der Waals surface area contributed by atoms with Crippen molar-refractivity contribution in [2.75, 3.05) is 0 Å². The molecule has 0 saturated heterocycles. The normalized spacial score (nSPS) is 10.3. The fourth-order valence-corrected chi connectivity index (χ4v) is 2.12. The molecule has 0 aromatic carbocycles. The Kier molecular flexibility index (Phi) is 23.3. The van der Waals surface area contributed by atoms with Gasteiger partial charge in [0.15, 0.2) is 0 Å². The van der Waals surface area contributed by atoms with Crippen molar-refractivity contribution in [1.82, 2.24) is 0 Å². The molecule has 0 aliphatic heterocycles. The van der Waals surface area contributed by atoms with E-state index in [-0.39, 0.29) is 0 Å². The highest BCUT2D eigenvalue weighted by molar-refractivity contribution is 5.62. The lowest BCUT2D eigenvalue weighted by molar-refractivity contribution is -0.134. The summed E-state index contributed by atoms with van der Waals surface area (Å²) in [6.07, 6.45) is 22.1. The Bertz CT molecular complexity index is 255. The van der Waals surface area contributed by atoms with E-state index in [2.05, 4.69) is 19.1 Å². The van der Waals surface area contributed by atoms with Gasteiger partial charge in [0.05, 0.1) is 0 Å². The van der Waals surface area contributed by atoms with Crippen LogP contribution in [0.15, 0.2) is 12.2 Å². The van der Waals surface area contributed by atoms with Gasteiger partial charge in [-0.1, -0.05) is 64.0 Å². The first kappa shape index (κ1) is 23.2. The van der Waals surface area contributed by atoms with Crippen LogP contribution in [-0.4, -0.2) is 17.4 Å². The van der Waals surface area contributed by atoms with Gasteiger partial charge in [0, 0.05) is 13.3 Å². The van der Waals surface area contributed by atoms with Crippen molar-refractivity contribution in [3.63, 3.8) is 0 Å². The van der Waals surface area contributed by atoms with E-state index < -0.39 is 5.97 Å². The minimum atomic E-state index is -0.833. The third kappa shape index (κ3) is 31.3. The molecule has 130 valence electrons. The van der Waals surface area contributed by atoms with E-state index in [4.69, 9.17) is 9.90 Å². The number of hydrogen-bond donors (Lipinski definition) is 1. The van der Waals surface area contributed by atoms with E-state index in [0.29, 0.717) is 0 Å². The van der Waals surface area contributed by atoms with E-state index in [1.54, 1.807) is 0 Å². The van der Waals surface area contributed by atoms with E-state index >= 15 is 0 Å². The monoisotopic (exact) mass is 312 g/mol. The lowest BCUT2D eigenvalue weighted by Gasteiger charge is -1.98. The second-order valence-corrected chi connectivity index (χ2v) is 5.71. The summed E-state index contributed by atoms with van der Waals surface area (Å²) in [4.78, 5) is 19.1. The number of aliphatic carboxylic acids is 1. The first-order chi connectivity index (χ1) is 10.6. The minimum absolute atomic E-state index is 0.748. The molecule has 0 rings (SSSR count). The molecule has 0 saturated carbocycles. The molecule has 0 bridgehead atoms. The van der Waals surface area contributed by atoms with Gasteiger partial charge in [-0.2, -0.15) is 0 Å². The van der Waals surface area contributed by atoms with Crippen molar-refractivity contribution < 1.29 is 14.7 Å². The van der Waals surface area contributed by atoms with Crippen molar-refractivity contribution in [2.24, 2.45) is 0 Å². The fourth-order valence-electron chi connectivity index (χ4n) is 2.12. The molecule has 0 amide bonds. The number of hydrogen-bond acceptors (Lipinski definition) is 2. The fraction of sp³-hybridized carbons (Fsp3) is 0.789. The Morgan fingerprint density at radius 2 is 1.14 bits per heavy atom. The molecule has 3 heteroatoms. The molecule has 0 heterocycles. The number of carbonyl (C=O) groups excluding carboxylic acids is 1. The summed E-state index contributed by atoms with van der Waals surface area (Å²) in [5.41, 5.74) is 0. The molecule has 0 atom stereocenters. The number of unbranched alkanes of at least 4 members (excludes halogenated alkanes) is 11. The molecular formula is C19H36O3. The van der Waals surface area contributed by atoms with Gasteiger partial charge in [-0.3, -0.25) is 4.79 Å². The summed E-state index contributed by atoms with van der Waals surface area (Å²) in [5.74, 6) is -0.833. The predicted molar refractivity (Wildman–Crippen MR) is 94.2 cm³/mol. The van der Waals surface area contributed by atoms with Gasteiger partial charge in [-0.25, -0.2) is 0 Å². The quantitative estimate of drug-likeness (QED) is 0.246. The Balaban J connectivity index is 0. The summed E-state index contributed by atoms with van der Waals surface area (Å²) < 4.78 is 0. The van der Waals surface area contributed by atoms with Gasteiger partial charge >= 0.3 is 0 Å². The van der Waals surface area contributed by atoms with Crippen molar-refractivity contribution >= 4 is 12.3 Å². The molecule has 0 unspecified atom stereocenters. The van der Waals surface area contributed by atoms with Crippen molar-refractivity contribution in [3.8, 4) is 0 Å². The number of carboxylic acid groups (broad SMARTS) is 1. The first-order valence-corrected chi connectivity index (χ1v) is 8.93. The van der Waals surface area contributed by atoms with Crippen molar-refractivity contribution in [2.45, 2.75) is 97.3 Å². The summed E-state index contributed by atoms with van der Waals surface area (Å²) in [7, 11) is 0. The maximum Gasteiger partial charge on any atom is 0.300 e. The van der Waals surface area contributed by atoms with Crippen LogP contribution in [-0.2, 0) is 9.59 Å². The third-order valence-electron chi connectivity index (χ3n) is 3.33. The highest BCUT2D eigenvalue weighted by Gasteiger charge is 1.90. The van der Waals surface area contributed by atoms with Crippen LogP contribution in [0, 0.1) is 0 Å². The number of carboxylic acids is 1. The summed E-state index contributed by atoms with van der Waals surface area (Å²) in [6.45, 7) is 3.35. The molecule has 1 N–H and O–H groups in total. The molecule has 0 aliphatic carbocycles. The molecule has 22 heavy (non-hydrogen) atoms. The number of aldehydes is 1. The second-order valence-electron chi connectivity index (χ2n) is 5.71. The second kappa shape index (κ2) is 22.2. The predicted octanol–water partition coefficient (Wildman–Crippen LogP) is 5.92. The minimum Gasteiger partial charge on any atom is -0.481 e. The smallest absolute Gasteiger partial charge is 0.300 e. The first-order valence-electron chi connectivity index (χ1n) is 8.93. The van der Waals surface area contributed by atoms with Gasteiger partial charge in [0.2, 0.25) is 0 Å². The highest BCUT2D eigenvalue weighted by atomic mass is 16.4. The molecule has 0 aromatic heterocycles. The van der Waals surface area contributed by atoms with Crippen LogP contribution in [0.25, 0.3) is 0 Å². The zero-order valence-corrected chi connectivity index (χ0v) is 14.7. The lowest BCUT2D eigenvalue weighted by atomic mass is 10.1. The van der Waals surface area contributed by atoms with E-state index in [1.807, 2.05) is 0 Å². The maximum absolute atomic E-state index is 10.1. The Hall–Kier alpha value is -1.12. The van der Waals surface area contributed by atoms with Crippen LogP contribution in [0.2, 0.25) is 0 Å². The molecule has 0 radical (unpaired) electrons. The van der Waals surface area contributed by atoms with Crippen molar-refractivity contribution in [3.05, 3.63) is 12.2 Å². The largest absolute Gasteiger partial charge is 0.481 e. The lowest BCUT2D eigenvalue weighted by Crippen LogP contribution is -1.80. The Morgan fingerprint density at radius 3 is 1.55 bits per heavy atom. The zero-order valence-electron chi connectivity index (χ0n) is 14.7. The number of rotatable bonds is 14. The van der Waals surface area contributed by atoms with Crippen LogP contribution in [0.3, 0.4) is 0 Å². The highest BCUT2D eigenvalue weighted by Crippen LogP contribution is 2.08. The topological polar surface area (TPSA) is 54.4 Å². The maximum atomic E-state index is 10.1. The molecule has 3 nitrogen and oxygen atoms in total. The SMILES string of the molecule is CC(=O)O.CCCCCCC/C=C\CCCCCCCC=O. The summed E-state index contributed by atoms with van der Waals surface area (Å²) in [6, 6.07) is 0. The molecule has 0 fully saturated rings. The Labute approximate surface area is 137 Å². The van der Waals surface area contributed by atoms with Gasteiger partial charge in [0.1, 0.15) is 6.29 Å². The van der Waals surface area contributed by atoms with Gasteiger partial charge in [-0.05, 0) is 32.1 Å². The number of allylic oxidation sites excluding steroid dienone is 2. The van der Waals surface area contributed by atoms with Crippen LogP contribution in [0.1, 0.15) is 97.3 Å². The summed E-state index contributed by atoms with van der Waals surface area (Å²) >= 11 is 0. The Morgan fingerprint density at radius 1 is 0.773 bits per heavy atom. The molecule has 0 aromatic rings. The molecular weight excluding hydrogens is 276 g/mol. The average Bonchev–Trinajstić information content (AvgIpc) is 2.47.